The molecule has 1 fully saturated rings. The minimum Gasteiger partial charge on any atom is -0.496 e. The van der Waals surface area contributed by atoms with E-state index in [9.17, 15) is 0 Å². The Balaban J connectivity index is 2.48. The largest absolute Gasteiger partial charge is 0.496 e. The van der Waals surface area contributed by atoms with Crippen LogP contribution in [0.25, 0.3) is 0 Å². The van der Waals surface area contributed by atoms with Crippen LogP contribution in [0.4, 0.5) is 0 Å². The summed E-state index contributed by atoms with van der Waals surface area (Å²) in [6.07, 6.45) is 0.874. The van der Waals surface area contributed by atoms with Gasteiger partial charge < -0.3 is 19.5 Å². The minimum absolute atomic E-state index is 0.186. The van der Waals surface area contributed by atoms with Gasteiger partial charge in [-0.1, -0.05) is 5.57 Å². The van der Waals surface area contributed by atoms with Crippen LogP contribution in [0, 0.1) is 0 Å². The third-order valence-electron chi connectivity index (χ3n) is 4.22. The van der Waals surface area contributed by atoms with Crippen LogP contribution in [0.3, 0.4) is 0 Å². The fourth-order valence-electron chi connectivity index (χ4n) is 3.10. The average Bonchev–Trinajstić information content (AvgIpc) is 2.59. The van der Waals surface area contributed by atoms with Gasteiger partial charge in [-0.25, -0.2) is 0 Å². The molecule has 1 aliphatic rings. The second-order valence-electron chi connectivity index (χ2n) is 5.91. The van der Waals surface area contributed by atoms with Gasteiger partial charge in [-0.3, -0.25) is 4.90 Å². The molecule has 0 radical (unpaired) electrons. The molecule has 1 aliphatic heterocycles. The van der Waals surface area contributed by atoms with Crippen LogP contribution in [0.2, 0.25) is 0 Å². The van der Waals surface area contributed by atoms with Crippen molar-refractivity contribution in [3.05, 3.63) is 29.8 Å². The van der Waals surface area contributed by atoms with Crippen LogP contribution >= 0.6 is 0 Å². The van der Waals surface area contributed by atoms with E-state index in [1.165, 1.54) is 0 Å². The van der Waals surface area contributed by atoms with Crippen molar-refractivity contribution in [2.45, 2.75) is 19.4 Å². The number of methoxy groups -OCH3 is 3. The Morgan fingerprint density at radius 3 is 2.13 bits per heavy atom. The summed E-state index contributed by atoms with van der Waals surface area (Å²) in [5.74, 6) is 2.33. The van der Waals surface area contributed by atoms with Gasteiger partial charge in [0.1, 0.15) is 17.2 Å². The van der Waals surface area contributed by atoms with Gasteiger partial charge in [-0.2, -0.15) is 0 Å². The molecule has 1 aromatic carbocycles. The summed E-state index contributed by atoms with van der Waals surface area (Å²) in [4.78, 5) is 2.47. The third kappa shape index (κ3) is 4.18. The Morgan fingerprint density at radius 2 is 1.70 bits per heavy atom. The normalized spacial score (nSPS) is 16.7. The zero-order valence-corrected chi connectivity index (χ0v) is 14.6. The maximum absolute atomic E-state index is 5.65. The van der Waals surface area contributed by atoms with Gasteiger partial charge in [0.15, 0.2) is 0 Å². The lowest BCUT2D eigenvalue weighted by Gasteiger charge is -2.36. The monoisotopic (exact) mass is 320 g/mol. The van der Waals surface area contributed by atoms with Crippen molar-refractivity contribution in [2.24, 2.45) is 0 Å². The predicted molar refractivity (Wildman–Crippen MR) is 92.7 cm³/mol. The van der Waals surface area contributed by atoms with Gasteiger partial charge in [0.25, 0.3) is 0 Å². The molecule has 0 unspecified atom stereocenters. The molecular weight excluding hydrogens is 292 g/mol. The number of ether oxygens (including phenoxy) is 3. The van der Waals surface area contributed by atoms with Crippen LogP contribution in [0.5, 0.6) is 17.2 Å². The van der Waals surface area contributed by atoms with Crippen molar-refractivity contribution in [1.82, 2.24) is 10.2 Å². The molecule has 0 spiro atoms. The van der Waals surface area contributed by atoms with E-state index in [2.05, 4.69) is 23.7 Å². The summed E-state index contributed by atoms with van der Waals surface area (Å²) in [6.45, 7) is 10.2. The van der Waals surface area contributed by atoms with Gasteiger partial charge >= 0.3 is 0 Å². The number of piperazine rings is 1. The summed E-state index contributed by atoms with van der Waals surface area (Å²) in [5.41, 5.74) is 2.22. The minimum atomic E-state index is 0.186. The van der Waals surface area contributed by atoms with E-state index in [4.69, 9.17) is 14.2 Å². The lowest BCUT2D eigenvalue weighted by molar-refractivity contribution is 0.166. The molecule has 1 atom stereocenters. The Morgan fingerprint density at radius 1 is 1.13 bits per heavy atom. The zero-order valence-electron chi connectivity index (χ0n) is 14.6. The molecule has 128 valence electrons. The number of hydrogen-bond acceptors (Lipinski definition) is 5. The maximum Gasteiger partial charge on any atom is 0.131 e. The molecule has 5 nitrogen and oxygen atoms in total. The van der Waals surface area contributed by atoms with Crippen LogP contribution < -0.4 is 19.5 Å². The highest BCUT2D eigenvalue weighted by molar-refractivity contribution is 5.52. The van der Waals surface area contributed by atoms with Crippen molar-refractivity contribution in [2.75, 3.05) is 47.5 Å². The Labute approximate surface area is 139 Å². The molecule has 0 aromatic heterocycles. The molecule has 0 saturated carbocycles. The Bertz CT molecular complexity index is 514. The maximum atomic E-state index is 5.65. The first-order chi connectivity index (χ1) is 11.1. The molecule has 0 aliphatic carbocycles. The molecule has 5 heteroatoms. The molecule has 2 rings (SSSR count). The highest BCUT2D eigenvalue weighted by Crippen LogP contribution is 2.42. The number of nitrogens with zero attached hydrogens (tertiary/aromatic N) is 1. The predicted octanol–water partition coefficient (Wildman–Crippen LogP) is 2.62. The summed E-state index contributed by atoms with van der Waals surface area (Å²) in [6, 6.07) is 4.03. The van der Waals surface area contributed by atoms with E-state index in [1.807, 2.05) is 12.1 Å². The van der Waals surface area contributed by atoms with Crippen molar-refractivity contribution in [3.8, 4) is 17.2 Å². The van der Waals surface area contributed by atoms with Gasteiger partial charge in [0.05, 0.1) is 26.9 Å². The third-order valence-corrected chi connectivity index (χ3v) is 4.22. The first-order valence-electron chi connectivity index (χ1n) is 7.99. The number of benzene rings is 1. The first kappa shape index (κ1) is 17.6. The van der Waals surface area contributed by atoms with Crippen LogP contribution in [0.1, 0.15) is 24.9 Å². The van der Waals surface area contributed by atoms with Crippen LogP contribution in [-0.2, 0) is 0 Å². The van der Waals surface area contributed by atoms with Crippen molar-refractivity contribution in [3.63, 3.8) is 0 Å². The van der Waals surface area contributed by atoms with E-state index in [-0.39, 0.29) is 6.04 Å². The molecule has 23 heavy (non-hydrogen) atoms. The number of hydrogen-bond donors (Lipinski definition) is 1. The van der Waals surface area contributed by atoms with Crippen molar-refractivity contribution in [1.29, 1.82) is 0 Å². The number of rotatable bonds is 7. The lowest BCUT2D eigenvalue weighted by Crippen LogP contribution is -2.45. The molecule has 1 N–H and O–H groups in total. The van der Waals surface area contributed by atoms with E-state index < -0.39 is 0 Å². The van der Waals surface area contributed by atoms with Gasteiger partial charge in [-0.15, -0.1) is 6.58 Å². The summed E-state index contributed by atoms with van der Waals surface area (Å²) in [5, 5.41) is 3.40. The highest BCUT2D eigenvalue weighted by atomic mass is 16.5. The average molecular weight is 320 g/mol. The topological polar surface area (TPSA) is 43.0 Å². The highest BCUT2D eigenvalue weighted by Gasteiger charge is 2.28. The fraction of sp³-hybridized carbons (Fsp3) is 0.556. The Hall–Kier alpha value is -1.72. The first-order valence-corrected chi connectivity index (χ1v) is 7.99. The smallest absolute Gasteiger partial charge is 0.131 e. The van der Waals surface area contributed by atoms with Gasteiger partial charge in [0.2, 0.25) is 0 Å². The fourth-order valence-corrected chi connectivity index (χ4v) is 3.10. The van der Waals surface area contributed by atoms with Crippen molar-refractivity contribution < 1.29 is 14.2 Å². The Kier molecular flexibility index (Phi) is 6.30. The molecule has 1 saturated heterocycles. The number of nitrogens with one attached hydrogen (secondary N) is 1. The molecule has 1 heterocycles. The second kappa shape index (κ2) is 8.22. The van der Waals surface area contributed by atoms with Crippen molar-refractivity contribution >= 4 is 0 Å². The van der Waals surface area contributed by atoms with Gasteiger partial charge in [0, 0.05) is 44.4 Å². The summed E-state index contributed by atoms with van der Waals surface area (Å²) >= 11 is 0. The summed E-state index contributed by atoms with van der Waals surface area (Å²) < 4.78 is 16.7. The quantitative estimate of drug-likeness (QED) is 0.782. The SMILES string of the molecule is C=C(C)C[C@@H](c1c(OC)cc(OC)cc1OC)N1CCNCC1. The van der Waals surface area contributed by atoms with Crippen LogP contribution in [-0.4, -0.2) is 52.4 Å². The molecule has 0 bridgehead atoms. The second-order valence-corrected chi connectivity index (χ2v) is 5.91. The van der Waals surface area contributed by atoms with Gasteiger partial charge in [-0.05, 0) is 13.3 Å². The van der Waals surface area contributed by atoms with E-state index >= 15 is 0 Å². The molecular formula is C18H28N2O3. The standard InChI is InChI=1S/C18H28N2O3/c1-13(2)10-15(20-8-6-19-7-9-20)18-16(22-4)11-14(21-3)12-17(18)23-5/h11-12,15,19H,1,6-10H2,2-5H3/t15-/m0/s1. The van der Waals surface area contributed by atoms with E-state index in [0.717, 1.165) is 61.0 Å². The zero-order chi connectivity index (χ0) is 16.8. The van der Waals surface area contributed by atoms with Crippen LogP contribution in [0.15, 0.2) is 24.3 Å². The lowest BCUT2D eigenvalue weighted by atomic mass is 9.95. The summed E-state index contributed by atoms with van der Waals surface area (Å²) in [7, 11) is 5.02. The van der Waals surface area contributed by atoms with E-state index in [0.29, 0.717) is 0 Å². The molecule has 0 amide bonds. The molecule has 1 aromatic rings. The van der Waals surface area contributed by atoms with E-state index in [1.54, 1.807) is 21.3 Å².